The summed E-state index contributed by atoms with van der Waals surface area (Å²) in [7, 11) is 1.58. The highest BCUT2D eigenvalue weighted by Crippen LogP contribution is 2.42. The second kappa shape index (κ2) is 8.86. The van der Waals surface area contributed by atoms with Gasteiger partial charge in [0.2, 0.25) is 0 Å². The van der Waals surface area contributed by atoms with Crippen molar-refractivity contribution in [1.29, 1.82) is 0 Å². The summed E-state index contributed by atoms with van der Waals surface area (Å²) in [5, 5.41) is 5.28. The molecule has 0 fully saturated rings. The molecular weight excluding hydrogens is 457 g/mol. The lowest BCUT2D eigenvalue weighted by Gasteiger charge is -2.17. The number of amides is 2. The van der Waals surface area contributed by atoms with Crippen LogP contribution in [0.4, 0.5) is 5.69 Å². The molecule has 0 spiro atoms. The fraction of sp³-hybridized carbons (Fsp3) is 0.182. The van der Waals surface area contributed by atoms with Gasteiger partial charge in [-0.25, -0.2) is 9.58 Å². The zero-order valence-corrected chi connectivity index (χ0v) is 19.4. The van der Waals surface area contributed by atoms with E-state index < -0.39 is 11.8 Å². The molecule has 0 N–H and O–H groups in total. The van der Waals surface area contributed by atoms with E-state index in [0.29, 0.717) is 15.5 Å². The third-order valence-corrected chi connectivity index (χ3v) is 6.58. The third-order valence-electron chi connectivity index (χ3n) is 4.70. The zero-order chi connectivity index (χ0) is 23.0. The molecule has 0 aliphatic carbocycles. The highest BCUT2D eigenvalue weighted by molar-refractivity contribution is 7.99. The van der Waals surface area contributed by atoms with Gasteiger partial charge in [0.25, 0.3) is 17.4 Å². The maximum Gasteiger partial charge on any atom is 0.270 e. The van der Waals surface area contributed by atoms with Crippen LogP contribution >= 0.6 is 35.0 Å². The number of carbonyl (C=O) groups is 2. The Morgan fingerprint density at radius 2 is 1.52 bits per heavy atom. The molecule has 0 saturated carbocycles. The maximum atomic E-state index is 12.7. The Morgan fingerprint density at radius 1 is 1.00 bits per heavy atom. The summed E-state index contributed by atoms with van der Waals surface area (Å²) in [4.78, 5) is 39.1. The molecule has 0 radical (unpaired) electrons. The topological polar surface area (TPSA) is 72.3 Å². The monoisotopic (exact) mass is 475 g/mol. The lowest BCUT2D eigenvalue weighted by molar-refractivity contribution is -0.120. The van der Waals surface area contributed by atoms with Crippen molar-refractivity contribution < 1.29 is 9.59 Å². The number of aromatic nitrogens is 2. The van der Waals surface area contributed by atoms with E-state index in [-0.39, 0.29) is 38.4 Å². The first-order valence-corrected chi connectivity index (χ1v) is 10.8. The molecule has 1 aliphatic rings. The second-order valence-corrected chi connectivity index (χ2v) is 8.89. The Balaban J connectivity index is 2.01. The summed E-state index contributed by atoms with van der Waals surface area (Å²) in [6, 6.07) is 4.69. The number of halogens is 2. The van der Waals surface area contributed by atoms with Gasteiger partial charge >= 0.3 is 0 Å². The van der Waals surface area contributed by atoms with Gasteiger partial charge in [-0.15, -0.1) is 0 Å². The standard InChI is InChI=1S/C22H19Cl2N3O3S/c1-6-13-14(7-2)22(30)27(21(13)29)12-8-16(23)19(17(24)9-12)31-18-10-15(11(3)4)20(28)26(5)25-18/h6-11H,1-2H2,3-5H3. The van der Waals surface area contributed by atoms with Crippen LogP contribution in [0.5, 0.6) is 0 Å². The van der Waals surface area contributed by atoms with E-state index in [1.807, 2.05) is 13.8 Å². The first kappa shape index (κ1) is 23.1. The summed E-state index contributed by atoms with van der Waals surface area (Å²) in [5.41, 5.74) is 1.03. The minimum Gasteiger partial charge on any atom is -0.268 e. The lowest BCUT2D eigenvalue weighted by atomic mass is 10.1. The first-order valence-electron chi connectivity index (χ1n) is 9.23. The van der Waals surface area contributed by atoms with Crippen LogP contribution in [0.2, 0.25) is 10.0 Å². The summed E-state index contributed by atoms with van der Waals surface area (Å²) in [6.07, 6.45) is 2.64. The Morgan fingerprint density at radius 3 is 1.97 bits per heavy atom. The van der Waals surface area contributed by atoms with E-state index >= 15 is 0 Å². The average molecular weight is 476 g/mol. The number of rotatable bonds is 6. The number of imide groups is 1. The minimum absolute atomic E-state index is 0.0205. The Kier molecular flexibility index (Phi) is 6.59. The fourth-order valence-electron chi connectivity index (χ4n) is 3.14. The van der Waals surface area contributed by atoms with Gasteiger partial charge in [-0.1, -0.05) is 74.1 Å². The van der Waals surface area contributed by atoms with E-state index in [1.165, 1.54) is 40.7 Å². The van der Waals surface area contributed by atoms with Crippen LogP contribution in [0.3, 0.4) is 0 Å². The molecule has 2 aromatic rings. The number of benzene rings is 1. The van der Waals surface area contributed by atoms with Crippen molar-refractivity contribution in [3.05, 3.63) is 80.6 Å². The molecule has 160 valence electrons. The number of hydrogen-bond acceptors (Lipinski definition) is 5. The second-order valence-electron chi connectivity index (χ2n) is 7.04. The highest BCUT2D eigenvalue weighted by Gasteiger charge is 2.37. The molecular formula is C22H19Cl2N3O3S. The van der Waals surface area contributed by atoms with E-state index in [2.05, 4.69) is 18.3 Å². The SMILES string of the molecule is C=CC1=C(C=C)C(=O)N(c2cc(Cl)c(Sc3cc(C(C)C)c(=O)n(C)n3)c(Cl)c2)C1=O. The van der Waals surface area contributed by atoms with Gasteiger partial charge in [0.05, 0.1) is 31.8 Å². The van der Waals surface area contributed by atoms with Crippen LogP contribution in [0.15, 0.2) is 69.4 Å². The van der Waals surface area contributed by atoms with Crippen LogP contribution in [0, 0.1) is 0 Å². The summed E-state index contributed by atoms with van der Waals surface area (Å²) >= 11 is 14.1. The normalized spacial score (nSPS) is 14.1. The Bertz CT molecular complexity index is 1180. The van der Waals surface area contributed by atoms with Gasteiger partial charge in [0.1, 0.15) is 5.03 Å². The predicted octanol–water partition coefficient (Wildman–Crippen LogP) is 4.90. The Labute approximate surface area is 193 Å². The number of hydrogen-bond donors (Lipinski definition) is 0. The average Bonchev–Trinajstić information content (AvgIpc) is 2.95. The van der Waals surface area contributed by atoms with Crippen LogP contribution in [0.25, 0.3) is 0 Å². The van der Waals surface area contributed by atoms with E-state index in [0.717, 1.165) is 4.90 Å². The fourth-order valence-corrected chi connectivity index (χ4v) is 4.72. The number of nitrogens with zero attached hydrogens (tertiary/aromatic N) is 3. The van der Waals surface area contributed by atoms with Gasteiger partial charge in [0, 0.05) is 12.6 Å². The van der Waals surface area contributed by atoms with Gasteiger partial charge in [-0.2, -0.15) is 5.10 Å². The van der Waals surface area contributed by atoms with Gasteiger partial charge in [0.15, 0.2) is 0 Å². The van der Waals surface area contributed by atoms with E-state index in [4.69, 9.17) is 23.2 Å². The molecule has 3 rings (SSSR count). The molecule has 0 bridgehead atoms. The molecule has 9 heteroatoms. The molecule has 0 unspecified atom stereocenters. The summed E-state index contributed by atoms with van der Waals surface area (Å²) in [6.45, 7) is 11.0. The van der Waals surface area contributed by atoms with E-state index in [1.54, 1.807) is 13.1 Å². The van der Waals surface area contributed by atoms with Crippen molar-refractivity contribution in [2.24, 2.45) is 7.05 Å². The maximum absolute atomic E-state index is 12.7. The molecule has 1 aliphatic heterocycles. The minimum atomic E-state index is -0.524. The molecule has 2 amide bonds. The van der Waals surface area contributed by atoms with Crippen molar-refractivity contribution in [3.63, 3.8) is 0 Å². The molecule has 0 atom stereocenters. The van der Waals surface area contributed by atoms with Crippen molar-refractivity contribution in [3.8, 4) is 0 Å². The summed E-state index contributed by atoms with van der Waals surface area (Å²) in [5.74, 6) is -1.03. The quantitative estimate of drug-likeness (QED) is 0.555. The molecule has 31 heavy (non-hydrogen) atoms. The number of anilines is 1. The Hall–Kier alpha value is -2.61. The van der Waals surface area contributed by atoms with Crippen molar-refractivity contribution in [2.45, 2.75) is 29.7 Å². The smallest absolute Gasteiger partial charge is 0.268 e. The van der Waals surface area contributed by atoms with Crippen molar-refractivity contribution >= 4 is 52.5 Å². The van der Waals surface area contributed by atoms with Gasteiger partial charge in [-0.3, -0.25) is 14.4 Å². The van der Waals surface area contributed by atoms with Crippen LogP contribution in [0.1, 0.15) is 25.3 Å². The zero-order valence-electron chi connectivity index (χ0n) is 17.1. The van der Waals surface area contributed by atoms with Gasteiger partial charge in [-0.05, 0) is 24.1 Å². The summed E-state index contributed by atoms with van der Waals surface area (Å²) < 4.78 is 1.27. The van der Waals surface area contributed by atoms with Crippen molar-refractivity contribution in [1.82, 2.24) is 9.78 Å². The third kappa shape index (κ3) is 4.13. The number of aryl methyl sites for hydroxylation is 1. The molecule has 2 heterocycles. The van der Waals surface area contributed by atoms with E-state index in [9.17, 15) is 14.4 Å². The lowest BCUT2D eigenvalue weighted by Crippen LogP contribution is -2.31. The van der Waals surface area contributed by atoms with Crippen LogP contribution in [-0.4, -0.2) is 21.6 Å². The molecule has 0 saturated heterocycles. The molecule has 1 aromatic heterocycles. The van der Waals surface area contributed by atoms with Crippen molar-refractivity contribution in [2.75, 3.05) is 4.90 Å². The first-order chi connectivity index (χ1) is 14.6. The molecule has 1 aromatic carbocycles. The highest BCUT2D eigenvalue weighted by atomic mass is 35.5. The predicted molar refractivity (Wildman–Crippen MR) is 124 cm³/mol. The van der Waals surface area contributed by atoms with Crippen LogP contribution in [-0.2, 0) is 16.6 Å². The largest absolute Gasteiger partial charge is 0.270 e. The van der Waals surface area contributed by atoms with Gasteiger partial charge < -0.3 is 0 Å². The van der Waals surface area contributed by atoms with Crippen LogP contribution < -0.4 is 10.5 Å². The number of carbonyl (C=O) groups excluding carboxylic acids is 2. The molecule has 6 nitrogen and oxygen atoms in total.